The van der Waals surface area contributed by atoms with E-state index in [1.54, 1.807) is 30.3 Å². The van der Waals surface area contributed by atoms with Crippen molar-refractivity contribution in [2.24, 2.45) is 0 Å². The lowest BCUT2D eigenvalue weighted by atomic mass is 10.2. The van der Waals surface area contributed by atoms with Gasteiger partial charge in [-0.25, -0.2) is 4.79 Å². The Hall–Kier alpha value is -2.54. The molecular weight excluding hydrogens is 378 g/mol. The summed E-state index contributed by atoms with van der Waals surface area (Å²) in [6.07, 6.45) is -1.04. The molecule has 0 radical (unpaired) electrons. The van der Waals surface area contributed by atoms with Gasteiger partial charge in [-0.15, -0.1) is 0 Å². The molecule has 0 aliphatic carbocycles. The number of anilines is 1. The van der Waals surface area contributed by atoms with Crippen LogP contribution in [-0.2, 0) is 9.53 Å². The molecule has 6 nitrogen and oxygen atoms in total. The molecule has 0 unspecified atom stereocenters. The van der Waals surface area contributed by atoms with Gasteiger partial charge < -0.3 is 19.9 Å². The molecule has 0 spiro atoms. The summed E-state index contributed by atoms with van der Waals surface area (Å²) < 4.78 is 10.8. The van der Waals surface area contributed by atoms with Crippen LogP contribution in [0.15, 0.2) is 46.9 Å². The predicted molar refractivity (Wildman–Crippen MR) is 92.3 cm³/mol. The molecule has 2 rings (SSSR count). The number of hydrogen-bond acceptors (Lipinski definition) is 5. The molecule has 0 aliphatic rings. The van der Waals surface area contributed by atoms with E-state index in [9.17, 15) is 14.7 Å². The molecule has 7 heteroatoms. The third-order valence-corrected chi connectivity index (χ3v) is 3.66. The number of aromatic hydroxyl groups is 1. The number of methoxy groups -OCH3 is 1. The van der Waals surface area contributed by atoms with Gasteiger partial charge in [0.25, 0.3) is 5.91 Å². The average molecular weight is 394 g/mol. The van der Waals surface area contributed by atoms with Crippen LogP contribution in [0.25, 0.3) is 0 Å². The van der Waals surface area contributed by atoms with Gasteiger partial charge in [0.05, 0.1) is 7.11 Å². The molecular formula is C17H16BrNO5. The number of rotatable bonds is 5. The summed E-state index contributed by atoms with van der Waals surface area (Å²) >= 11 is 3.21. The van der Waals surface area contributed by atoms with Crippen LogP contribution in [-0.4, -0.2) is 30.2 Å². The molecule has 0 saturated carbocycles. The van der Waals surface area contributed by atoms with Crippen molar-refractivity contribution in [2.45, 2.75) is 13.0 Å². The second kappa shape index (κ2) is 7.83. The number of esters is 1. The molecule has 2 aromatic rings. The predicted octanol–water partition coefficient (Wildman–Crippen LogP) is 3.35. The van der Waals surface area contributed by atoms with Gasteiger partial charge >= 0.3 is 5.97 Å². The minimum absolute atomic E-state index is 0.0228. The fraction of sp³-hybridized carbons (Fsp3) is 0.176. The molecule has 126 valence electrons. The summed E-state index contributed by atoms with van der Waals surface area (Å²) in [5, 5.41) is 12.3. The number of phenolic OH excluding ortho intramolecular Hbond substituents is 1. The van der Waals surface area contributed by atoms with E-state index in [-0.39, 0.29) is 11.3 Å². The van der Waals surface area contributed by atoms with Crippen LogP contribution in [0.4, 0.5) is 5.69 Å². The summed E-state index contributed by atoms with van der Waals surface area (Å²) in [6, 6.07) is 11.2. The Labute approximate surface area is 147 Å². The first-order valence-corrected chi connectivity index (χ1v) is 7.84. The van der Waals surface area contributed by atoms with E-state index in [2.05, 4.69) is 21.2 Å². The third kappa shape index (κ3) is 4.48. The topological polar surface area (TPSA) is 84.9 Å². The van der Waals surface area contributed by atoms with Crippen molar-refractivity contribution in [3.05, 3.63) is 52.5 Å². The van der Waals surface area contributed by atoms with Crippen LogP contribution in [0.5, 0.6) is 11.5 Å². The first-order valence-electron chi connectivity index (χ1n) is 7.05. The SMILES string of the molecule is COc1cccc(NC(=O)[C@@H](C)OC(=O)c2cc(Br)ccc2O)c1. The summed E-state index contributed by atoms with van der Waals surface area (Å²) in [6.45, 7) is 1.45. The smallest absolute Gasteiger partial charge is 0.342 e. The van der Waals surface area contributed by atoms with Gasteiger partial charge in [-0.2, -0.15) is 0 Å². The quantitative estimate of drug-likeness (QED) is 0.760. The van der Waals surface area contributed by atoms with Crippen molar-refractivity contribution in [2.75, 3.05) is 12.4 Å². The Kier molecular flexibility index (Phi) is 5.81. The van der Waals surface area contributed by atoms with Crippen molar-refractivity contribution >= 4 is 33.5 Å². The average Bonchev–Trinajstić information content (AvgIpc) is 2.57. The zero-order valence-corrected chi connectivity index (χ0v) is 14.7. The van der Waals surface area contributed by atoms with Crippen molar-refractivity contribution in [3.63, 3.8) is 0 Å². The van der Waals surface area contributed by atoms with Crippen molar-refractivity contribution in [3.8, 4) is 11.5 Å². The Morgan fingerprint density at radius 1 is 1.21 bits per heavy atom. The lowest BCUT2D eigenvalue weighted by Crippen LogP contribution is -2.30. The van der Waals surface area contributed by atoms with E-state index in [1.807, 2.05) is 0 Å². The van der Waals surface area contributed by atoms with E-state index >= 15 is 0 Å². The van der Waals surface area contributed by atoms with E-state index in [0.29, 0.717) is 15.9 Å². The molecule has 0 bridgehead atoms. The zero-order valence-electron chi connectivity index (χ0n) is 13.1. The number of carbonyl (C=O) groups excluding carboxylic acids is 2. The van der Waals surface area contributed by atoms with Crippen LogP contribution in [0.2, 0.25) is 0 Å². The number of ether oxygens (including phenoxy) is 2. The normalized spacial score (nSPS) is 11.5. The molecule has 2 N–H and O–H groups in total. The van der Waals surface area contributed by atoms with Gasteiger partial charge in [-0.1, -0.05) is 22.0 Å². The monoisotopic (exact) mass is 393 g/mol. The first-order chi connectivity index (χ1) is 11.4. The molecule has 1 atom stereocenters. The van der Waals surface area contributed by atoms with Crippen molar-refractivity contribution < 1.29 is 24.2 Å². The highest BCUT2D eigenvalue weighted by Crippen LogP contribution is 2.23. The van der Waals surface area contributed by atoms with Crippen molar-refractivity contribution in [1.82, 2.24) is 0 Å². The highest BCUT2D eigenvalue weighted by Gasteiger charge is 2.21. The summed E-state index contributed by atoms with van der Waals surface area (Å²) in [5.41, 5.74) is 0.498. The molecule has 0 fully saturated rings. The Bertz CT molecular complexity index is 762. The van der Waals surface area contributed by atoms with E-state index < -0.39 is 18.0 Å². The zero-order chi connectivity index (χ0) is 17.7. The molecule has 24 heavy (non-hydrogen) atoms. The Balaban J connectivity index is 2.02. The number of carbonyl (C=O) groups is 2. The standard InChI is InChI=1S/C17H16BrNO5/c1-10(16(21)19-12-4-3-5-13(9-12)23-2)24-17(22)14-8-11(18)6-7-15(14)20/h3-10,20H,1-2H3,(H,19,21)/t10-/m1/s1. The maximum Gasteiger partial charge on any atom is 0.342 e. The van der Waals surface area contributed by atoms with Crippen LogP contribution < -0.4 is 10.1 Å². The molecule has 0 saturated heterocycles. The maximum absolute atomic E-state index is 12.1. The van der Waals surface area contributed by atoms with Crippen LogP contribution in [0, 0.1) is 0 Å². The molecule has 2 aromatic carbocycles. The molecule has 0 aliphatic heterocycles. The lowest BCUT2D eigenvalue weighted by Gasteiger charge is -2.14. The number of hydrogen-bond donors (Lipinski definition) is 2. The van der Waals surface area contributed by atoms with Gasteiger partial charge in [0.1, 0.15) is 17.1 Å². The number of amides is 1. The van der Waals surface area contributed by atoms with Gasteiger partial charge in [0, 0.05) is 16.2 Å². The lowest BCUT2D eigenvalue weighted by molar-refractivity contribution is -0.123. The van der Waals surface area contributed by atoms with Gasteiger partial charge in [-0.3, -0.25) is 4.79 Å². The highest BCUT2D eigenvalue weighted by molar-refractivity contribution is 9.10. The Morgan fingerprint density at radius 2 is 1.96 bits per heavy atom. The van der Waals surface area contributed by atoms with Crippen LogP contribution >= 0.6 is 15.9 Å². The molecule has 0 aromatic heterocycles. The van der Waals surface area contributed by atoms with Crippen LogP contribution in [0.1, 0.15) is 17.3 Å². The van der Waals surface area contributed by atoms with E-state index in [0.717, 1.165) is 0 Å². The molecule has 0 heterocycles. The Morgan fingerprint density at radius 3 is 2.67 bits per heavy atom. The van der Waals surface area contributed by atoms with Crippen molar-refractivity contribution in [1.29, 1.82) is 0 Å². The van der Waals surface area contributed by atoms with E-state index in [4.69, 9.17) is 9.47 Å². The number of nitrogens with one attached hydrogen (secondary N) is 1. The van der Waals surface area contributed by atoms with Gasteiger partial charge in [0.2, 0.25) is 0 Å². The van der Waals surface area contributed by atoms with Gasteiger partial charge in [0.15, 0.2) is 6.10 Å². The summed E-state index contributed by atoms with van der Waals surface area (Å²) in [7, 11) is 1.52. The van der Waals surface area contributed by atoms with Gasteiger partial charge in [-0.05, 0) is 37.3 Å². The summed E-state index contributed by atoms with van der Waals surface area (Å²) in [5.74, 6) is -0.909. The minimum atomic E-state index is -1.04. The fourth-order valence-electron chi connectivity index (χ4n) is 1.89. The fourth-order valence-corrected chi connectivity index (χ4v) is 2.26. The maximum atomic E-state index is 12.1. The summed E-state index contributed by atoms with van der Waals surface area (Å²) in [4.78, 5) is 24.2. The number of phenols is 1. The highest BCUT2D eigenvalue weighted by atomic mass is 79.9. The van der Waals surface area contributed by atoms with Crippen LogP contribution in [0.3, 0.4) is 0 Å². The largest absolute Gasteiger partial charge is 0.507 e. The third-order valence-electron chi connectivity index (χ3n) is 3.17. The first kappa shape index (κ1) is 17.8. The minimum Gasteiger partial charge on any atom is -0.507 e. The number of halogens is 1. The van der Waals surface area contributed by atoms with E-state index in [1.165, 1.54) is 26.2 Å². The number of benzene rings is 2. The second-order valence-corrected chi connectivity index (χ2v) is 5.85. The molecule has 1 amide bonds. The second-order valence-electron chi connectivity index (χ2n) is 4.93.